The van der Waals surface area contributed by atoms with Gasteiger partial charge in [-0.15, -0.1) is 0 Å². The van der Waals surface area contributed by atoms with Crippen LogP contribution in [0.15, 0.2) is 48.9 Å². The highest BCUT2D eigenvalue weighted by Crippen LogP contribution is 2.26. The normalized spacial score (nSPS) is 12.5. The van der Waals surface area contributed by atoms with Crippen molar-refractivity contribution in [1.29, 1.82) is 0 Å². The van der Waals surface area contributed by atoms with Crippen molar-refractivity contribution >= 4 is 22.5 Å². The van der Waals surface area contributed by atoms with Crippen LogP contribution in [0.3, 0.4) is 0 Å². The zero-order valence-electron chi connectivity index (χ0n) is 9.86. The molecule has 94 valence electrons. The summed E-state index contributed by atoms with van der Waals surface area (Å²) in [7, 11) is 0. The van der Waals surface area contributed by atoms with Crippen molar-refractivity contribution in [3.05, 3.63) is 65.3 Å². The Labute approximate surface area is 114 Å². The molecule has 0 aliphatic heterocycles. The summed E-state index contributed by atoms with van der Waals surface area (Å²) in [5, 5.41) is 11.5. The third-order valence-electron chi connectivity index (χ3n) is 2.88. The van der Waals surface area contributed by atoms with Crippen LogP contribution in [0.1, 0.15) is 17.4 Å². The zero-order valence-corrected chi connectivity index (χ0v) is 10.6. The summed E-state index contributed by atoms with van der Waals surface area (Å²) >= 11 is 5.94. The van der Waals surface area contributed by atoms with Gasteiger partial charge in [-0.3, -0.25) is 9.97 Å². The minimum Gasteiger partial charge on any atom is -0.382 e. The molecule has 0 saturated heterocycles. The fourth-order valence-electron chi connectivity index (χ4n) is 1.93. The van der Waals surface area contributed by atoms with E-state index in [0.717, 1.165) is 10.9 Å². The van der Waals surface area contributed by atoms with Gasteiger partial charge in [0, 0.05) is 24.0 Å². The van der Waals surface area contributed by atoms with E-state index in [4.69, 9.17) is 11.6 Å². The lowest BCUT2D eigenvalue weighted by molar-refractivity contribution is 0.215. The molecule has 4 nitrogen and oxygen atoms in total. The van der Waals surface area contributed by atoms with Gasteiger partial charge in [0.1, 0.15) is 11.8 Å². The fourth-order valence-corrected chi connectivity index (χ4v) is 2.14. The zero-order chi connectivity index (χ0) is 13.2. The van der Waals surface area contributed by atoms with Crippen LogP contribution >= 0.6 is 11.6 Å². The fraction of sp³-hybridized carbons (Fsp3) is 0.0714. The highest BCUT2D eigenvalue weighted by atomic mass is 35.5. The van der Waals surface area contributed by atoms with Crippen LogP contribution in [-0.4, -0.2) is 20.1 Å². The summed E-state index contributed by atoms with van der Waals surface area (Å²) < 4.78 is 0. The Morgan fingerprint density at radius 2 is 1.84 bits per heavy atom. The van der Waals surface area contributed by atoms with E-state index >= 15 is 0 Å². The van der Waals surface area contributed by atoms with Gasteiger partial charge in [0.2, 0.25) is 0 Å². The molecular weight excluding hydrogens is 262 g/mol. The van der Waals surface area contributed by atoms with E-state index in [9.17, 15) is 5.11 Å². The maximum Gasteiger partial charge on any atom is 0.153 e. The first kappa shape index (κ1) is 12.0. The van der Waals surface area contributed by atoms with Crippen LogP contribution < -0.4 is 0 Å². The van der Waals surface area contributed by atoms with Gasteiger partial charge in [0.05, 0.1) is 5.52 Å². The third-order valence-corrected chi connectivity index (χ3v) is 3.18. The van der Waals surface area contributed by atoms with Crippen molar-refractivity contribution in [1.82, 2.24) is 15.0 Å². The second-order valence-corrected chi connectivity index (χ2v) is 4.45. The smallest absolute Gasteiger partial charge is 0.153 e. The summed E-state index contributed by atoms with van der Waals surface area (Å²) in [6, 6.07) is 9.40. The number of pyridine rings is 1. The number of aliphatic hydroxyl groups excluding tert-OH is 1. The van der Waals surface area contributed by atoms with E-state index in [0.29, 0.717) is 11.3 Å². The molecule has 1 unspecified atom stereocenters. The van der Waals surface area contributed by atoms with Crippen molar-refractivity contribution in [3.63, 3.8) is 0 Å². The van der Waals surface area contributed by atoms with Crippen molar-refractivity contribution in [3.8, 4) is 0 Å². The van der Waals surface area contributed by atoms with Crippen LogP contribution in [0.2, 0.25) is 5.15 Å². The number of hydrogen-bond donors (Lipinski definition) is 1. The Morgan fingerprint density at radius 1 is 1.00 bits per heavy atom. The van der Waals surface area contributed by atoms with Gasteiger partial charge in [-0.25, -0.2) is 4.98 Å². The first-order valence-electron chi connectivity index (χ1n) is 5.75. The summed E-state index contributed by atoms with van der Waals surface area (Å²) in [6.07, 6.45) is 3.80. The molecular formula is C14H10ClN3O. The van der Waals surface area contributed by atoms with Gasteiger partial charge in [-0.2, -0.15) is 0 Å². The molecule has 0 spiro atoms. The summed E-state index contributed by atoms with van der Waals surface area (Å²) in [6.45, 7) is 0. The minimum absolute atomic E-state index is 0.205. The monoisotopic (exact) mass is 271 g/mol. The van der Waals surface area contributed by atoms with Crippen molar-refractivity contribution in [2.75, 3.05) is 0 Å². The van der Waals surface area contributed by atoms with E-state index in [1.54, 1.807) is 6.20 Å². The quantitative estimate of drug-likeness (QED) is 0.779. The summed E-state index contributed by atoms with van der Waals surface area (Å²) in [4.78, 5) is 12.2. The standard InChI is InChI=1S/C14H10ClN3O/c15-14-12(17-6-7-18-14)13(19)10-4-3-9-2-1-5-16-11(9)8-10/h1-8,13,19H. The molecule has 2 aromatic heterocycles. The second-order valence-electron chi connectivity index (χ2n) is 4.09. The predicted octanol–water partition coefficient (Wildman–Crippen LogP) is 2.76. The predicted molar refractivity (Wildman–Crippen MR) is 72.8 cm³/mol. The SMILES string of the molecule is OC(c1ccc2cccnc2c1)c1nccnc1Cl. The molecule has 0 saturated carbocycles. The number of halogens is 1. The van der Waals surface area contributed by atoms with Gasteiger partial charge < -0.3 is 5.11 Å². The van der Waals surface area contributed by atoms with E-state index in [2.05, 4.69) is 15.0 Å². The molecule has 0 amide bonds. The molecule has 0 fully saturated rings. The molecule has 3 aromatic rings. The molecule has 0 radical (unpaired) electrons. The van der Waals surface area contributed by atoms with Gasteiger partial charge in [-0.05, 0) is 17.7 Å². The summed E-state index contributed by atoms with van der Waals surface area (Å²) in [5.41, 5.74) is 1.85. The first-order valence-corrected chi connectivity index (χ1v) is 6.12. The van der Waals surface area contributed by atoms with Crippen LogP contribution in [-0.2, 0) is 0 Å². The molecule has 3 rings (SSSR count). The lowest BCUT2D eigenvalue weighted by Gasteiger charge is -2.11. The molecule has 1 atom stereocenters. The Bertz CT molecular complexity index is 732. The van der Waals surface area contributed by atoms with Crippen LogP contribution in [0.25, 0.3) is 10.9 Å². The molecule has 1 aromatic carbocycles. The maximum atomic E-state index is 10.3. The lowest BCUT2D eigenvalue weighted by Crippen LogP contribution is -2.04. The number of benzene rings is 1. The Morgan fingerprint density at radius 3 is 2.68 bits per heavy atom. The number of aromatic nitrogens is 3. The highest BCUT2D eigenvalue weighted by molar-refractivity contribution is 6.30. The van der Waals surface area contributed by atoms with Gasteiger partial charge in [0.25, 0.3) is 0 Å². The van der Waals surface area contributed by atoms with E-state index in [1.165, 1.54) is 12.4 Å². The number of aliphatic hydroxyl groups is 1. The second kappa shape index (κ2) is 4.91. The molecule has 19 heavy (non-hydrogen) atoms. The van der Waals surface area contributed by atoms with E-state index < -0.39 is 6.10 Å². The number of fused-ring (bicyclic) bond motifs is 1. The van der Waals surface area contributed by atoms with Crippen LogP contribution in [0.5, 0.6) is 0 Å². The number of nitrogens with zero attached hydrogens (tertiary/aromatic N) is 3. The number of hydrogen-bond acceptors (Lipinski definition) is 4. The van der Waals surface area contributed by atoms with E-state index in [1.807, 2.05) is 30.3 Å². The molecule has 0 aliphatic carbocycles. The summed E-state index contributed by atoms with van der Waals surface area (Å²) in [5.74, 6) is 0. The molecule has 2 heterocycles. The van der Waals surface area contributed by atoms with E-state index in [-0.39, 0.29) is 5.15 Å². The third kappa shape index (κ3) is 2.28. The van der Waals surface area contributed by atoms with Crippen LogP contribution in [0.4, 0.5) is 0 Å². The maximum absolute atomic E-state index is 10.3. The average Bonchev–Trinajstić information content (AvgIpc) is 2.46. The van der Waals surface area contributed by atoms with Crippen LogP contribution in [0, 0.1) is 0 Å². The van der Waals surface area contributed by atoms with Crippen molar-refractivity contribution in [2.24, 2.45) is 0 Å². The van der Waals surface area contributed by atoms with Crippen molar-refractivity contribution < 1.29 is 5.11 Å². The Kier molecular flexibility index (Phi) is 3.11. The highest BCUT2D eigenvalue weighted by Gasteiger charge is 2.16. The first-order chi connectivity index (χ1) is 9.25. The van der Waals surface area contributed by atoms with Gasteiger partial charge in [0.15, 0.2) is 5.15 Å². The number of rotatable bonds is 2. The molecule has 0 bridgehead atoms. The molecule has 0 aliphatic rings. The average molecular weight is 272 g/mol. The Hall–Kier alpha value is -2.04. The minimum atomic E-state index is -0.910. The van der Waals surface area contributed by atoms with Gasteiger partial charge >= 0.3 is 0 Å². The van der Waals surface area contributed by atoms with Gasteiger partial charge in [-0.1, -0.05) is 29.8 Å². The van der Waals surface area contributed by atoms with Crippen molar-refractivity contribution in [2.45, 2.75) is 6.10 Å². The molecule has 1 N–H and O–H groups in total. The Balaban J connectivity index is 2.07. The molecule has 5 heteroatoms. The topological polar surface area (TPSA) is 58.9 Å². The lowest BCUT2D eigenvalue weighted by atomic mass is 10.0. The largest absolute Gasteiger partial charge is 0.382 e.